The highest BCUT2D eigenvalue weighted by molar-refractivity contribution is 7.91. The molecule has 2 aromatic carbocycles. The molecule has 1 fully saturated rings. The fourth-order valence-electron chi connectivity index (χ4n) is 3.81. The summed E-state index contributed by atoms with van der Waals surface area (Å²) in [7, 11) is -3.94. The number of aromatic nitrogens is 1. The van der Waals surface area contributed by atoms with Crippen LogP contribution in [-0.4, -0.2) is 50.4 Å². The van der Waals surface area contributed by atoms with E-state index in [1.807, 2.05) is 17.5 Å². The Bertz CT molecular complexity index is 1410. The molecule has 3 heterocycles. The first-order chi connectivity index (χ1) is 16.4. The summed E-state index contributed by atoms with van der Waals surface area (Å²) in [5, 5.41) is 1.70. The van der Waals surface area contributed by atoms with Gasteiger partial charge in [0, 0.05) is 26.2 Å². The minimum atomic E-state index is -3.94. The van der Waals surface area contributed by atoms with E-state index in [2.05, 4.69) is 4.98 Å². The highest BCUT2D eigenvalue weighted by atomic mass is 32.2. The maximum atomic E-state index is 14.1. The lowest BCUT2D eigenvalue weighted by Gasteiger charge is -2.34. The van der Waals surface area contributed by atoms with Crippen LogP contribution in [0.25, 0.3) is 10.8 Å². The van der Waals surface area contributed by atoms with Crippen LogP contribution in [-0.2, 0) is 9.84 Å². The smallest absolute Gasteiger partial charge is 0.256 e. The van der Waals surface area contributed by atoms with Crippen LogP contribution in [0, 0.1) is 5.82 Å². The van der Waals surface area contributed by atoms with Crippen LogP contribution in [0.5, 0.6) is 0 Å². The number of piperazine rings is 1. The first-order valence-electron chi connectivity index (χ1n) is 10.6. The number of anilines is 1. The largest absolute Gasteiger partial charge is 0.418 e. The third kappa shape index (κ3) is 4.10. The minimum Gasteiger partial charge on any atom is -0.418 e. The number of halogens is 1. The molecule has 34 heavy (non-hydrogen) atoms. The Balaban J connectivity index is 1.45. The van der Waals surface area contributed by atoms with Gasteiger partial charge in [-0.15, -0.1) is 11.3 Å². The van der Waals surface area contributed by atoms with Crippen molar-refractivity contribution in [3.05, 3.63) is 83.5 Å². The van der Waals surface area contributed by atoms with Crippen molar-refractivity contribution in [2.45, 2.75) is 9.92 Å². The monoisotopic (exact) mass is 497 g/mol. The summed E-state index contributed by atoms with van der Waals surface area (Å²) in [5.74, 6) is -0.594. The Hall–Kier alpha value is -3.50. The molecule has 0 atom stereocenters. The zero-order valence-electron chi connectivity index (χ0n) is 17.9. The van der Waals surface area contributed by atoms with E-state index in [1.165, 1.54) is 41.7 Å². The topological polar surface area (TPSA) is 83.7 Å². The number of sulfone groups is 1. The molecule has 0 radical (unpaired) electrons. The molecule has 0 saturated carbocycles. The van der Waals surface area contributed by atoms with Crippen molar-refractivity contribution in [3.63, 3.8) is 0 Å². The maximum absolute atomic E-state index is 14.1. The second-order valence-electron chi connectivity index (χ2n) is 7.68. The second kappa shape index (κ2) is 9.03. The van der Waals surface area contributed by atoms with Gasteiger partial charge in [-0.2, -0.15) is 4.98 Å². The second-order valence-corrected chi connectivity index (χ2v) is 10.5. The zero-order chi connectivity index (χ0) is 23.7. The molecule has 4 aromatic rings. The lowest BCUT2D eigenvalue weighted by Crippen LogP contribution is -2.49. The summed E-state index contributed by atoms with van der Waals surface area (Å²) < 4.78 is 46.9. The van der Waals surface area contributed by atoms with Gasteiger partial charge in [0.1, 0.15) is 5.82 Å². The van der Waals surface area contributed by atoms with E-state index in [4.69, 9.17) is 4.42 Å². The first kappa shape index (κ1) is 22.3. The lowest BCUT2D eigenvalue weighted by molar-refractivity contribution is 0.0740. The van der Waals surface area contributed by atoms with Crippen LogP contribution in [0.15, 0.2) is 86.4 Å². The molecule has 1 aliphatic heterocycles. The van der Waals surface area contributed by atoms with Crippen LogP contribution < -0.4 is 4.90 Å². The number of hydrogen-bond donors (Lipinski definition) is 0. The molecule has 0 bridgehead atoms. The number of benzene rings is 2. The summed E-state index contributed by atoms with van der Waals surface area (Å²) in [4.78, 5) is 21.3. The van der Waals surface area contributed by atoms with Crippen molar-refractivity contribution in [1.29, 1.82) is 0 Å². The van der Waals surface area contributed by atoms with Crippen LogP contribution in [0.2, 0.25) is 0 Å². The molecular weight excluding hydrogens is 477 g/mol. The van der Waals surface area contributed by atoms with Crippen LogP contribution in [0.4, 0.5) is 10.3 Å². The average molecular weight is 498 g/mol. The van der Waals surface area contributed by atoms with E-state index < -0.39 is 21.6 Å². The Morgan fingerprint density at radius 1 is 0.941 bits per heavy atom. The highest BCUT2D eigenvalue weighted by Gasteiger charge is 2.34. The third-order valence-corrected chi connectivity index (χ3v) is 8.10. The quantitative estimate of drug-likeness (QED) is 0.408. The van der Waals surface area contributed by atoms with Gasteiger partial charge < -0.3 is 14.2 Å². The Labute approximate surface area is 200 Å². The fourth-order valence-corrected chi connectivity index (χ4v) is 5.80. The van der Waals surface area contributed by atoms with E-state index in [0.717, 1.165) is 0 Å². The van der Waals surface area contributed by atoms with E-state index in [1.54, 1.807) is 34.1 Å². The molecule has 2 aromatic heterocycles. The van der Waals surface area contributed by atoms with Gasteiger partial charge in [-0.1, -0.05) is 36.4 Å². The van der Waals surface area contributed by atoms with Gasteiger partial charge in [0.15, 0.2) is 0 Å². The number of rotatable bonds is 5. The molecule has 0 unspecified atom stereocenters. The number of oxazole rings is 1. The molecule has 0 aliphatic carbocycles. The fraction of sp³-hybridized carbons (Fsp3) is 0.167. The number of carbonyl (C=O) groups excluding carboxylic acids is 1. The minimum absolute atomic E-state index is 0.0166. The normalized spacial score (nSPS) is 14.4. The standard InChI is InChI=1S/C24H20FN3O4S2/c25-19-10-5-4-9-18(19)23(29)27-12-14-28(15-13-27)24-22(26-21(32-24)20-11-6-16-33-20)34(30,31)17-7-2-1-3-8-17/h1-11,16H,12-15H2. The van der Waals surface area contributed by atoms with Crippen LogP contribution >= 0.6 is 11.3 Å². The predicted molar refractivity (Wildman–Crippen MR) is 126 cm³/mol. The van der Waals surface area contributed by atoms with Gasteiger partial charge in [0.2, 0.25) is 26.6 Å². The molecule has 7 nitrogen and oxygen atoms in total. The zero-order valence-corrected chi connectivity index (χ0v) is 19.6. The summed E-state index contributed by atoms with van der Waals surface area (Å²) in [6.07, 6.45) is 0. The molecular formula is C24H20FN3O4S2. The molecule has 0 spiro atoms. The molecule has 1 amide bonds. The lowest BCUT2D eigenvalue weighted by atomic mass is 10.1. The number of thiophene rings is 1. The number of nitrogens with zero attached hydrogens (tertiary/aromatic N) is 3. The molecule has 1 aliphatic rings. The van der Waals surface area contributed by atoms with Crippen molar-refractivity contribution >= 4 is 33.0 Å². The Morgan fingerprint density at radius 3 is 2.32 bits per heavy atom. The third-order valence-electron chi connectivity index (χ3n) is 5.58. The molecule has 174 valence electrons. The van der Waals surface area contributed by atoms with Crippen molar-refractivity contribution < 1.29 is 22.0 Å². The van der Waals surface area contributed by atoms with Gasteiger partial charge in [0.05, 0.1) is 15.3 Å². The van der Waals surface area contributed by atoms with Gasteiger partial charge >= 0.3 is 0 Å². The summed E-state index contributed by atoms with van der Waals surface area (Å²) in [6.45, 7) is 1.20. The molecule has 10 heteroatoms. The van der Waals surface area contributed by atoms with Crippen LogP contribution in [0.1, 0.15) is 10.4 Å². The van der Waals surface area contributed by atoms with Crippen molar-refractivity contribution in [2.75, 3.05) is 31.1 Å². The maximum Gasteiger partial charge on any atom is 0.256 e. The highest BCUT2D eigenvalue weighted by Crippen LogP contribution is 2.36. The van der Waals surface area contributed by atoms with Gasteiger partial charge in [0.25, 0.3) is 5.91 Å². The van der Waals surface area contributed by atoms with Crippen molar-refractivity contribution in [2.24, 2.45) is 0 Å². The number of amides is 1. The van der Waals surface area contributed by atoms with Crippen LogP contribution in [0.3, 0.4) is 0 Å². The summed E-state index contributed by atoms with van der Waals surface area (Å²) >= 11 is 1.40. The van der Waals surface area contributed by atoms with E-state index in [9.17, 15) is 17.6 Å². The van der Waals surface area contributed by atoms with Crippen molar-refractivity contribution in [1.82, 2.24) is 9.88 Å². The van der Waals surface area contributed by atoms with E-state index in [0.29, 0.717) is 18.0 Å². The summed E-state index contributed by atoms with van der Waals surface area (Å²) in [6, 6.07) is 17.6. The number of carbonyl (C=O) groups is 1. The summed E-state index contributed by atoms with van der Waals surface area (Å²) in [5.41, 5.74) is 0.0166. The Kier molecular flexibility index (Phi) is 5.93. The van der Waals surface area contributed by atoms with Gasteiger partial charge in [-0.05, 0) is 35.7 Å². The van der Waals surface area contributed by atoms with E-state index >= 15 is 0 Å². The van der Waals surface area contributed by atoms with Gasteiger partial charge in [-0.3, -0.25) is 4.79 Å². The SMILES string of the molecule is O=C(c1ccccc1F)N1CCN(c2oc(-c3cccs3)nc2S(=O)(=O)c2ccccc2)CC1. The molecule has 5 rings (SSSR count). The average Bonchev–Trinajstić information content (AvgIpc) is 3.55. The first-order valence-corrected chi connectivity index (χ1v) is 12.9. The number of hydrogen-bond acceptors (Lipinski definition) is 7. The van der Waals surface area contributed by atoms with Crippen molar-refractivity contribution in [3.8, 4) is 10.8 Å². The Morgan fingerprint density at radius 2 is 1.65 bits per heavy atom. The molecule has 0 N–H and O–H groups in total. The molecule has 1 saturated heterocycles. The predicted octanol–water partition coefficient (Wildman–Crippen LogP) is 4.34. The van der Waals surface area contributed by atoms with Gasteiger partial charge in [-0.25, -0.2) is 12.8 Å². The van der Waals surface area contributed by atoms with E-state index in [-0.39, 0.29) is 40.3 Å².